The van der Waals surface area contributed by atoms with Crippen molar-refractivity contribution in [3.63, 3.8) is 0 Å². The first kappa shape index (κ1) is 15.7. The number of aryl methyl sites for hydroxylation is 1. The van der Waals surface area contributed by atoms with Gasteiger partial charge in [0.2, 0.25) is 5.95 Å². The molecule has 0 atom stereocenters. The Kier molecular flexibility index (Phi) is 6.56. The van der Waals surface area contributed by atoms with Crippen molar-refractivity contribution in [2.75, 3.05) is 37.5 Å². The lowest BCUT2D eigenvalue weighted by Crippen LogP contribution is -2.38. The van der Waals surface area contributed by atoms with Crippen molar-refractivity contribution in [3.8, 4) is 0 Å². The summed E-state index contributed by atoms with van der Waals surface area (Å²) in [4.78, 5) is 11.2. The van der Waals surface area contributed by atoms with Gasteiger partial charge in [-0.25, -0.2) is 4.98 Å². The van der Waals surface area contributed by atoms with Gasteiger partial charge >= 0.3 is 0 Å². The van der Waals surface area contributed by atoms with Crippen LogP contribution in [0.25, 0.3) is 0 Å². The van der Waals surface area contributed by atoms with E-state index in [4.69, 9.17) is 4.74 Å². The van der Waals surface area contributed by atoms with Gasteiger partial charge in [0, 0.05) is 38.5 Å². The molecule has 0 unspecified atom stereocenters. The molecule has 1 N–H and O–H groups in total. The summed E-state index contributed by atoms with van der Waals surface area (Å²) in [5.74, 6) is 1.64. The molecule has 0 bridgehead atoms. The fourth-order valence-electron chi connectivity index (χ4n) is 2.21. The highest BCUT2D eigenvalue weighted by atomic mass is 16.5. The third-order valence-corrected chi connectivity index (χ3v) is 3.28. The Morgan fingerprint density at radius 1 is 1.32 bits per heavy atom. The van der Waals surface area contributed by atoms with Crippen molar-refractivity contribution < 1.29 is 4.74 Å². The quantitative estimate of drug-likeness (QED) is 0.783. The molecule has 0 saturated carbocycles. The number of rotatable bonds is 8. The molecule has 0 spiro atoms. The van der Waals surface area contributed by atoms with Gasteiger partial charge in [-0.15, -0.1) is 0 Å². The smallest absolute Gasteiger partial charge is 0.224 e. The number of aromatic nitrogens is 2. The summed E-state index contributed by atoms with van der Waals surface area (Å²) in [5.41, 5.74) is 0.975. The van der Waals surface area contributed by atoms with Gasteiger partial charge in [-0.05, 0) is 19.8 Å². The van der Waals surface area contributed by atoms with Crippen molar-refractivity contribution in [3.05, 3.63) is 11.8 Å². The number of hydrogen-bond acceptors (Lipinski definition) is 5. The number of ether oxygens (including phenoxy) is 1. The predicted octanol–water partition coefficient (Wildman–Crippen LogP) is 2.47. The highest BCUT2D eigenvalue weighted by Crippen LogP contribution is 2.20. The number of nitrogens with zero attached hydrogens (tertiary/aromatic N) is 3. The molecule has 0 aliphatic carbocycles. The summed E-state index contributed by atoms with van der Waals surface area (Å²) in [6.07, 6.45) is 2.19. The second kappa shape index (κ2) is 7.94. The van der Waals surface area contributed by atoms with Crippen LogP contribution in [0.5, 0.6) is 0 Å². The Bertz CT molecular complexity index is 380. The molecule has 0 radical (unpaired) electrons. The van der Waals surface area contributed by atoms with Crippen LogP contribution < -0.4 is 10.2 Å². The predicted molar refractivity (Wildman–Crippen MR) is 79.9 cm³/mol. The lowest BCUT2D eigenvalue weighted by Gasteiger charge is -2.31. The maximum absolute atomic E-state index is 5.22. The lowest BCUT2D eigenvalue weighted by molar-refractivity contribution is 0.202. The van der Waals surface area contributed by atoms with Crippen LogP contribution in [-0.4, -0.2) is 43.3 Å². The van der Waals surface area contributed by atoms with Crippen molar-refractivity contribution in [2.24, 2.45) is 0 Å². The van der Waals surface area contributed by atoms with E-state index in [1.54, 1.807) is 7.11 Å². The molecule has 108 valence electrons. The third-order valence-electron chi connectivity index (χ3n) is 3.28. The molecule has 1 rings (SSSR count). The van der Waals surface area contributed by atoms with E-state index in [0.717, 1.165) is 30.9 Å². The first-order chi connectivity index (χ1) is 9.15. The third kappa shape index (κ3) is 4.35. The molecule has 1 heterocycles. The number of methoxy groups -OCH3 is 1. The van der Waals surface area contributed by atoms with Crippen LogP contribution in [0.1, 0.15) is 32.4 Å². The van der Waals surface area contributed by atoms with Crippen molar-refractivity contribution in [1.82, 2.24) is 9.97 Å². The monoisotopic (exact) mass is 266 g/mol. The van der Waals surface area contributed by atoms with Gasteiger partial charge in [-0.3, -0.25) is 0 Å². The normalized spacial score (nSPS) is 10.8. The summed E-state index contributed by atoms with van der Waals surface area (Å²) in [6.45, 7) is 7.96. The van der Waals surface area contributed by atoms with Crippen molar-refractivity contribution in [1.29, 1.82) is 0 Å². The van der Waals surface area contributed by atoms with E-state index >= 15 is 0 Å². The summed E-state index contributed by atoms with van der Waals surface area (Å²) in [7, 11) is 3.57. The van der Waals surface area contributed by atoms with Crippen LogP contribution in [0.15, 0.2) is 6.07 Å². The van der Waals surface area contributed by atoms with Gasteiger partial charge in [0.25, 0.3) is 0 Å². The molecule has 0 saturated heterocycles. The minimum Gasteiger partial charge on any atom is -0.383 e. The molecule has 5 nitrogen and oxygen atoms in total. The summed E-state index contributed by atoms with van der Waals surface area (Å²) in [5, 5.41) is 3.01. The van der Waals surface area contributed by atoms with E-state index in [2.05, 4.69) is 34.0 Å². The number of hydrogen-bond donors (Lipinski definition) is 1. The van der Waals surface area contributed by atoms with Gasteiger partial charge in [0.05, 0.1) is 6.61 Å². The molecule has 1 aromatic rings. The highest BCUT2D eigenvalue weighted by Gasteiger charge is 2.17. The molecular formula is C14H26N4O. The van der Waals surface area contributed by atoms with Crippen molar-refractivity contribution >= 4 is 11.8 Å². The first-order valence-corrected chi connectivity index (χ1v) is 6.95. The Morgan fingerprint density at radius 2 is 2.00 bits per heavy atom. The van der Waals surface area contributed by atoms with Crippen LogP contribution in [0, 0.1) is 6.92 Å². The first-order valence-electron chi connectivity index (χ1n) is 6.95. The average Bonchev–Trinajstić information content (AvgIpc) is 2.42. The highest BCUT2D eigenvalue weighted by molar-refractivity contribution is 5.45. The van der Waals surface area contributed by atoms with Crippen LogP contribution in [0.2, 0.25) is 0 Å². The van der Waals surface area contributed by atoms with Crippen LogP contribution in [0.4, 0.5) is 11.8 Å². The van der Waals surface area contributed by atoms with E-state index in [9.17, 15) is 0 Å². The largest absolute Gasteiger partial charge is 0.383 e. The molecule has 0 aromatic carbocycles. The zero-order valence-corrected chi connectivity index (χ0v) is 12.7. The lowest BCUT2D eigenvalue weighted by atomic mass is 10.1. The summed E-state index contributed by atoms with van der Waals surface area (Å²) < 4.78 is 5.22. The van der Waals surface area contributed by atoms with Gasteiger partial charge < -0.3 is 15.0 Å². The molecule has 0 amide bonds. The van der Waals surface area contributed by atoms with E-state index in [0.29, 0.717) is 18.6 Å². The summed E-state index contributed by atoms with van der Waals surface area (Å²) in [6, 6.07) is 2.52. The minimum atomic E-state index is 0.481. The van der Waals surface area contributed by atoms with E-state index in [-0.39, 0.29) is 0 Å². The molecular weight excluding hydrogens is 240 g/mol. The molecule has 0 aliphatic rings. The van der Waals surface area contributed by atoms with Crippen molar-refractivity contribution in [2.45, 2.75) is 39.7 Å². The van der Waals surface area contributed by atoms with Crippen LogP contribution in [-0.2, 0) is 4.74 Å². The molecule has 5 heteroatoms. The van der Waals surface area contributed by atoms with Gasteiger partial charge in [0.1, 0.15) is 5.82 Å². The van der Waals surface area contributed by atoms with Gasteiger partial charge in [-0.1, -0.05) is 13.8 Å². The Morgan fingerprint density at radius 3 is 2.53 bits per heavy atom. The summed E-state index contributed by atoms with van der Waals surface area (Å²) >= 11 is 0. The maximum atomic E-state index is 5.22. The number of anilines is 2. The topological polar surface area (TPSA) is 50.3 Å². The van der Waals surface area contributed by atoms with Gasteiger partial charge in [-0.2, -0.15) is 4.98 Å². The Balaban J connectivity index is 3.04. The molecule has 0 aliphatic heterocycles. The van der Waals surface area contributed by atoms with Gasteiger partial charge in [0.15, 0.2) is 0 Å². The van der Waals surface area contributed by atoms with E-state index in [1.165, 1.54) is 0 Å². The fraction of sp³-hybridized carbons (Fsp3) is 0.714. The number of nitrogens with one attached hydrogen (secondary N) is 1. The zero-order valence-electron chi connectivity index (χ0n) is 12.7. The average molecular weight is 266 g/mol. The second-order valence-electron chi connectivity index (χ2n) is 4.60. The second-order valence-corrected chi connectivity index (χ2v) is 4.60. The van der Waals surface area contributed by atoms with E-state index in [1.807, 2.05) is 20.0 Å². The molecule has 1 aromatic heterocycles. The van der Waals surface area contributed by atoms with E-state index < -0.39 is 0 Å². The van der Waals surface area contributed by atoms with Crippen LogP contribution in [0.3, 0.4) is 0 Å². The Labute approximate surface area is 116 Å². The SMILES string of the molecule is CCC(CC)N(CCOC)c1cc(C)nc(NC)n1. The minimum absolute atomic E-state index is 0.481. The fourth-order valence-corrected chi connectivity index (χ4v) is 2.21. The Hall–Kier alpha value is -1.36. The standard InChI is InChI=1S/C14H26N4O/c1-6-12(7-2)18(8-9-19-5)13-10-11(3)16-14(15-4)17-13/h10,12H,6-9H2,1-5H3,(H,15,16,17). The maximum Gasteiger partial charge on any atom is 0.224 e. The zero-order chi connectivity index (χ0) is 14.3. The molecule has 19 heavy (non-hydrogen) atoms. The molecule has 0 fully saturated rings. The van der Waals surface area contributed by atoms with Crippen LogP contribution >= 0.6 is 0 Å².